The maximum atomic E-state index is 12.7. The number of carbonyl (C=O) groups excluding carboxylic acids is 2. The summed E-state index contributed by atoms with van der Waals surface area (Å²) in [4.78, 5) is 38.1. The minimum Gasteiger partial charge on any atom is -0.342 e. The molecule has 2 aliphatic rings. The van der Waals surface area contributed by atoms with Crippen molar-refractivity contribution < 1.29 is 9.59 Å². The Kier molecular flexibility index (Phi) is 4.62. The van der Waals surface area contributed by atoms with Crippen molar-refractivity contribution in [3.8, 4) is 22.5 Å². The van der Waals surface area contributed by atoms with Gasteiger partial charge in [-0.05, 0) is 24.6 Å². The van der Waals surface area contributed by atoms with Crippen molar-refractivity contribution in [1.82, 2.24) is 19.3 Å². The van der Waals surface area contributed by atoms with Crippen LogP contribution in [0, 0.1) is 0 Å². The fraction of sp³-hybridized carbons (Fsp3) is 0.231. The number of fused-ring (bicyclic) bond motifs is 2. The zero-order valence-electron chi connectivity index (χ0n) is 19.0. The van der Waals surface area contributed by atoms with Crippen LogP contribution in [-0.4, -0.2) is 57.3 Å². The van der Waals surface area contributed by atoms with E-state index in [1.807, 2.05) is 71.9 Å². The Morgan fingerprint density at radius 1 is 1.03 bits per heavy atom. The molecule has 1 atom stereocenters. The van der Waals surface area contributed by atoms with Gasteiger partial charge in [0.1, 0.15) is 6.04 Å². The van der Waals surface area contributed by atoms with E-state index in [9.17, 15) is 9.59 Å². The standard InChI is InChI=1S/C26H24N6O2/c1-16-26(34)30(2)12-13-31(16)24-25-29-22(17-6-4-3-5-7-17)23(32(25)11-10-27-24)18-8-9-20-19(14-18)15-21(33)28-20/h3-11,14,16H,12-13,15H2,1-2H3,(H,28,33). The van der Waals surface area contributed by atoms with Crippen LogP contribution in [0.3, 0.4) is 0 Å². The molecule has 1 fully saturated rings. The third-order valence-corrected chi connectivity index (χ3v) is 6.72. The molecular formula is C26H24N6O2. The van der Waals surface area contributed by atoms with Gasteiger partial charge in [0.15, 0.2) is 11.5 Å². The summed E-state index contributed by atoms with van der Waals surface area (Å²) in [7, 11) is 1.83. The van der Waals surface area contributed by atoms with Crippen molar-refractivity contribution in [3.05, 3.63) is 66.5 Å². The lowest BCUT2D eigenvalue weighted by atomic mass is 10.0. The molecule has 6 rings (SSSR count). The van der Waals surface area contributed by atoms with E-state index in [2.05, 4.69) is 16.4 Å². The molecule has 8 nitrogen and oxygen atoms in total. The van der Waals surface area contributed by atoms with E-state index in [0.29, 0.717) is 31.0 Å². The van der Waals surface area contributed by atoms with Gasteiger partial charge in [0.2, 0.25) is 11.8 Å². The number of anilines is 2. The third-order valence-electron chi connectivity index (χ3n) is 6.72. The number of carbonyl (C=O) groups is 2. The van der Waals surface area contributed by atoms with Gasteiger partial charge >= 0.3 is 0 Å². The van der Waals surface area contributed by atoms with Gasteiger partial charge < -0.3 is 15.1 Å². The second kappa shape index (κ2) is 7.69. The highest BCUT2D eigenvalue weighted by Crippen LogP contribution is 2.37. The number of benzene rings is 2. The van der Waals surface area contributed by atoms with E-state index in [-0.39, 0.29) is 17.9 Å². The number of aromatic nitrogens is 3. The summed E-state index contributed by atoms with van der Waals surface area (Å²) in [6.45, 7) is 3.23. The number of hydrogen-bond donors (Lipinski definition) is 1. The van der Waals surface area contributed by atoms with Gasteiger partial charge in [0.25, 0.3) is 0 Å². The van der Waals surface area contributed by atoms with Crippen LogP contribution in [0.25, 0.3) is 28.2 Å². The van der Waals surface area contributed by atoms with E-state index in [0.717, 1.165) is 33.8 Å². The van der Waals surface area contributed by atoms with Crippen LogP contribution >= 0.6 is 0 Å². The molecule has 170 valence electrons. The number of hydrogen-bond acceptors (Lipinski definition) is 5. The van der Waals surface area contributed by atoms with Crippen molar-refractivity contribution in [1.29, 1.82) is 0 Å². The summed E-state index contributed by atoms with van der Waals surface area (Å²) in [6.07, 6.45) is 4.04. The minimum atomic E-state index is -0.324. The van der Waals surface area contributed by atoms with Crippen molar-refractivity contribution >= 4 is 29.0 Å². The van der Waals surface area contributed by atoms with Gasteiger partial charge in [-0.25, -0.2) is 9.97 Å². The second-order valence-corrected chi connectivity index (χ2v) is 8.85. The van der Waals surface area contributed by atoms with Crippen LogP contribution in [0.1, 0.15) is 12.5 Å². The predicted molar refractivity (Wildman–Crippen MR) is 131 cm³/mol. The summed E-state index contributed by atoms with van der Waals surface area (Å²) in [5, 5.41) is 2.90. The first-order chi connectivity index (χ1) is 16.5. The summed E-state index contributed by atoms with van der Waals surface area (Å²) in [6, 6.07) is 15.8. The van der Waals surface area contributed by atoms with Crippen LogP contribution in [0.4, 0.5) is 11.5 Å². The smallest absolute Gasteiger partial charge is 0.244 e. The van der Waals surface area contributed by atoms with Crippen LogP contribution in [0.2, 0.25) is 0 Å². The van der Waals surface area contributed by atoms with Gasteiger partial charge in [-0.2, -0.15) is 0 Å². The lowest BCUT2D eigenvalue weighted by Gasteiger charge is -2.38. The first-order valence-electron chi connectivity index (χ1n) is 11.4. The maximum Gasteiger partial charge on any atom is 0.244 e. The average molecular weight is 453 g/mol. The Morgan fingerprint density at radius 3 is 2.68 bits per heavy atom. The number of amides is 2. The summed E-state index contributed by atoms with van der Waals surface area (Å²) >= 11 is 0. The molecule has 0 spiro atoms. The maximum absolute atomic E-state index is 12.7. The first-order valence-corrected chi connectivity index (χ1v) is 11.4. The number of likely N-dealkylation sites (N-methyl/N-ethyl adjacent to an activating group) is 1. The average Bonchev–Trinajstić information content (AvgIpc) is 3.42. The number of imidazole rings is 1. The largest absolute Gasteiger partial charge is 0.342 e. The Labute approximate surface area is 196 Å². The second-order valence-electron chi connectivity index (χ2n) is 8.85. The molecule has 0 aliphatic carbocycles. The molecule has 2 amide bonds. The van der Waals surface area contributed by atoms with Crippen LogP contribution < -0.4 is 10.2 Å². The van der Waals surface area contributed by atoms with Crippen LogP contribution in [0.15, 0.2) is 60.9 Å². The van der Waals surface area contributed by atoms with Crippen molar-refractivity contribution in [2.75, 3.05) is 30.4 Å². The van der Waals surface area contributed by atoms with Gasteiger partial charge in [0, 0.05) is 49.3 Å². The molecular weight excluding hydrogens is 428 g/mol. The summed E-state index contributed by atoms with van der Waals surface area (Å²) in [5.41, 5.74) is 6.26. The molecule has 8 heteroatoms. The Balaban J connectivity index is 1.57. The highest BCUT2D eigenvalue weighted by atomic mass is 16.2. The van der Waals surface area contributed by atoms with E-state index in [1.165, 1.54) is 0 Å². The molecule has 2 aromatic carbocycles. The Morgan fingerprint density at radius 2 is 1.85 bits per heavy atom. The zero-order valence-corrected chi connectivity index (χ0v) is 19.0. The number of nitrogens with one attached hydrogen (secondary N) is 1. The number of rotatable bonds is 3. The van der Waals surface area contributed by atoms with Gasteiger partial charge in [-0.3, -0.25) is 14.0 Å². The van der Waals surface area contributed by atoms with E-state index in [1.54, 1.807) is 11.1 Å². The topological polar surface area (TPSA) is 82.8 Å². The minimum absolute atomic E-state index is 0.00813. The van der Waals surface area contributed by atoms with Crippen molar-refractivity contribution in [2.45, 2.75) is 19.4 Å². The molecule has 0 radical (unpaired) electrons. The molecule has 0 bridgehead atoms. The molecule has 1 N–H and O–H groups in total. The van der Waals surface area contributed by atoms with E-state index >= 15 is 0 Å². The van der Waals surface area contributed by atoms with E-state index < -0.39 is 0 Å². The summed E-state index contributed by atoms with van der Waals surface area (Å²) in [5.74, 6) is 0.771. The van der Waals surface area contributed by atoms with Gasteiger partial charge in [-0.15, -0.1) is 0 Å². The fourth-order valence-corrected chi connectivity index (χ4v) is 4.92. The fourth-order valence-electron chi connectivity index (χ4n) is 4.92. The molecule has 1 saturated heterocycles. The molecule has 4 aromatic rings. The zero-order chi connectivity index (χ0) is 23.4. The first kappa shape index (κ1) is 20.4. The van der Waals surface area contributed by atoms with Crippen LogP contribution in [-0.2, 0) is 16.0 Å². The normalized spacial score (nSPS) is 17.9. The number of piperazine rings is 1. The quantitative estimate of drug-likeness (QED) is 0.516. The lowest BCUT2D eigenvalue weighted by molar-refractivity contribution is -0.132. The molecule has 2 aliphatic heterocycles. The highest BCUT2D eigenvalue weighted by Gasteiger charge is 2.32. The SMILES string of the molecule is CC1C(=O)N(C)CCN1c1nccn2c(-c3ccc4c(c3)CC(=O)N4)c(-c3ccccc3)nc12. The molecule has 1 unspecified atom stereocenters. The van der Waals surface area contributed by atoms with E-state index in [4.69, 9.17) is 4.98 Å². The molecule has 0 saturated carbocycles. The predicted octanol–water partition coefficient (Wildman–Crippen LogP) is 3.22. The molecule has 4 heterocycles. The molecule has 34 heavy (non-hydrogen) atoms. The third kappa shape index (κ3) is 3.14. The highest BCUT2D eigenvalue weighted by molar-refractivity contribution is 6.00. The lowest BCUT2D eigenvalue weighted by Crippen LogP contribution is -2.54. The van der Waals surface area contributed by atoms with Crippen LogP contribution in [0.5, 0.6) is 0 Å². The van der Waals surface area contributed by atoms with Crippen molar-refractivity contribution in [3.63, 3.8) is 0 Å². The Hall–Kier alpha value is -4.20. The van der Waals surface area contributed by atoms with Crippen molar-refractivity contribution in [2.24, 2.45) is 0 Å². The van der Waals surface area contributed by atoms with Gasteiger partial charge in [-0.1, -0.05) is 36.4 Å². The monoisotopic (exact) mass is 452 g/mol. The summed E-state index contributed by atoms with van der Waals surface area (Å²) < 4.78 is 2.05. The molecule has 2 aromatic heterocycles. The number of nitrogens with zero attached hydrogens (tertiary/aromatic N) is 5. The van der Waals surface area contributed by atoms with Gasteiger partial charge in [0.05, 0.1) is 17.8 Å². The Bertz CT molecular complexity index is 1440.